The van der Waals surface area contributed by atoms with E-state index >= 15 is 0 Å². The number of fused-ring (bicyclic) bond motifs is 1. The molecule has 0 bridgehead atoms. The first-order chi connectivity index (χ1) is 7.83. The zero-order valence-electron chi connectivity index (χ0n) is 9.51. The van der Waals surface area contributed by atoms with Crippen molar-refractivity contribution >= 4 is 5.91 Å². The molecule has 0 radical (unpaired) electrons. The molecular weight excluding hydrogens is 204 g/mol. The maximum atomic E-state index is 11.9. The Morgan fingerprint density at radius 3 is 2.88 bits per heavy atom. The molecule has 1 amide bonds. The highest BCUT2D eigenvalue weighted by Gasteiger charge is 2.35. The number of hydrogen-bond donors (Lipinski definition) is 0. The topological polar surface area (TPSA) is 69.1 Å². The van der Waals surface area contributed by atoms with Gasteiger partial charge in [-0.3, -0.25) is 4.79 Å². The molecule has 0 aromatic heterocycles. The van der Waals surface area contributed by atoms with Crippen LogP contribution in [-0.4, -0.2) is 29.9 Å². The van der Waals surface area contributed by atoms with Gasteiger partial charge in [0, 0.05) is 17.5 Å². The second-order valence-corrected chi connectivity index (χ2v) is 4.73. The number of nitrogens with zero attached hydrogens (tertiary/aromatic N) is 4. The second-order valence-electron chi connectivity index (χ2n) is 4.73. The fourth-order valence-corrected chi connectivity index (χ4v) is 3.12. The molecule has 2 unspecified atom stereocenters. The number of piperidine rings is 1. The van der Waals surface area contributed by atoms with Crippen molar-refractivity contribution in [2.45, 2.75) is 44.6 Å². The molecule has 5 nitrogen and oxygen atoms in total. The first kappa shape index (κ1) is 11.3. The van der Waals surface area contributed by atoms with Crippen LogP contribution in [-0.2, 0) is 4.79 Å². The summed E-state index contributed by atoms with van der Waals surface area (Å²) in [6.45, 7) is 0.834. The maximum Gasteiger partial charge on any atom is 0.228 e. The van der Waals surface area contributed by atoms with Gasteiger partial charge in [0.2, 0.25) is 5.91 Å². The van der Waals surface area contributed by atoms with Gasteiger partial charge in [0.1, 0.15) is 6.54 Å². The molecule has 0 N–H and O–H groups in total. The Kier molecular flexibility index (Phi) is 3.67. The lowest BCUT2D eigenvalue weighted by Gasteiger charge is -2.44. The van der Waals surface area contributed by atoms with Gasteiger partial charge >= 0.3 is 0 Å². The molecule has 1 heterocycles. The zero-order valence-corrected chi connectivity index (χ0v) is 9.51. The minimum Gasteiger partial charge on any atom is -0.339 e. The summed E-state index contributed by atoms with van der Waals surface area (Å²) in [5, 5.41) is 3.37. The molecule has 2 rings (SSSR count). The van der Waals surface area contributed by atoms with E-state index in [1.165, 1.54) is 25.7 Å². The Balaban J connectivity index is 2.01. The van der Waals surface area contributed by atoms with Gasteiger partial charge in [0.15, 0.2) is 0 Å². The number of likely N-dealkylation sites (tertiary alicyclic amines) is 1. The summed E-state index contributed by atoms with van der Waals surface area (Å²) in [5.41, 5.74) is 8.23. The van der Waals surface area contributed by atoms with Crippen molar-refractivity contribution in [1.29, 1.82) is 0 Å². The zero-order chi connectivity index (χ0) is 11.4. The lowest BCUT2D eigenvalue weighted by Crippen LogP contribution is -2.50. The summed E-state index contributed by atoms with van der Waals surface area (Å²) < 4.78 is 0. The molecule has 0 aromatic rings. The standard InChI is InChI=1S/C11H18N4O/c12-14-13-8-11(16)15-7-3-5-9-4-1-2-6-10(9)15/h9-10H,1-8H2. The molecule has 1 aliphatic heterocycles. The summed E-state index contributed by atoms with van der Waals surface area (Å²) in [6.07, 6.45) is 7.29. The van der Waals surface area contributed by atoms with Crippen molar-refractivity contribution in [3.05, 3.63) is 10.4 Å². The average Bonchev–Trinajstić information content (AvgIpc) is 2.35. The van der Waals surface area contributed by atoms with E-state index in [9.17, 15) is 4.79 Å². The SMILES string of the molecule is [N-]=[N+]=NCC(=O)N1CCCC2CCCCC21. The molecule has 1 aliphatic carbocycles. The van der Waals surface area contributed by atoms with Crippen LogP contribution >= 0.6 is 0 Å². The van der Waals surface area contributed by atoms with Crippen LogP contribution in [0.3, 0.4) is 0 Å². The van der Waals surface area contributed by atoms with Crippen LogP contribution in [0.5, 0.6) is 0 Å². The summed E-state index contributed by atoms with van der Waals surface area (Å²) in [4.78, 5) is 16.5. The molecule has 2 atom stereocenters. The van der Waals surface area contributed by atoms with E-state index in [-0.39, 0.29) is 12.5 Å². The minimum absolute atomic E-state index is 0.00870. The predicted octanol–water partition coefficient (Wildman–Crippen LogP) is 2.48. The van der Waals surface area contributed by atoms with Crippen molar-refractivity contribution < 1.29 is 4.79 Å². The van der Waals surface area contributed by atoms with E-state index < -0.39 is 0 Å². The molecule has 0 spiro atoms. The molecule has 0 aromatic carbocycles. The summed E-state index contributed by atoms with van der Waals surface area (Å²) in [7, 11) is 0. The minimum atomic E-state index is -0.0142. The lowest BCUT2D eigenvalue weighted by atomic mass is 9.78. The average molecular weight is 222 g/mol. The van der Waals surface area contributed by atoms with Crippen LogP contribution in [0.2, 0.25) is 0 Å². The molecular formula is C11H18N4O. The first-order valence-electron chi connectivity index (χ1n) is 6.13. The fraction of sp³-hybridized carbons (Fsp3) is 0.909. The molecule has 2 fully saturated rings. The van der Waals surface area contributed by atoms with E-state index in [1.54, 1.807) is 0 Å². The summed E-state index contributed by atoms with van der Waals surface area (Å²) >= 11 is 0. The number of carbonyl (C=O) groups excluding carboxylic acids is 1. The largest absolute Gasteiger partial charge is 0.339 e. The number of rotatable bonds is 2. The Morgan fingerprint density at radius 2 is 2.06 bits per heavy atom. The van der Waals surface area contributed by atoms with E-state index in [4.69, 9.17) is 5.53 Å². The molecule has 1 saturated carbocycles. The molecule has 16 heavy (non-hydrogen) atoms. The van der Waals surface area contributed by atoms with Gasteiger partial charge in [-0.15, -0.1) is 0 Å². The highest BCUT2D eigenvalue weighted by molar-refractivity contribution is 5.78. The maximum absolute atomic E-state index is 11.9. The number of amides is 1. The number of hydrogen-bond acceptors (Lipinski definition) is 2. The molecule has 1 saturated heterocycles. The van der Waals surface area contributed by atoms with Crippen LogP contribution in [0.1, 0.15) is 38.5 Å². The lowest BCUT2D eigenvalue weighted by molar-refractivity contribution is -0.135. The fourth-order valence-electron chi connectivity index (χ4n) is 3.12. The molecule has 2 aliphatic rings. The smallest absolute Gasteiger partial charge is 0.228 e. The first-order valence-corrected chi connectivity index (χ1v) is 6.13. The van der Waals surface area contributed by atoms with Crippen LogP contribution in [0.15, 0.2) is 5.11 Å². The highest BCUT2D eigenvalue weighted by Crippen LogP contribution is 2.35. The summed E-state index contributed by atoms with van der Waals surface area (Å²) in [6, 6.07) is 0.420. The van der Waals surface area contributed by atoms with Crippen LogP contribution in [0.25, 0.3) is 10.4 Å². The molecule has 88 valence electrons. The van der Waals surface area contributed by atoms with Gasteiger partial charge in [-0.2, -0.15) is 0 Å². The van der Waals surface area contributed by atoms with Gasteiger partial charge in [0.25, 0.3) is 0 Å². The normalized spacial score (nSPS) is 29.1. The van der Waals surface area contributed by atoms with Crippen molar-refractivity contribution in [2.24, 2.45) is 11.0 Å². The number of azide groups is 1. The van der Waals surface area contributed by atoms with Gasteiger partial charge in [-0.05, 0) is 37.1 Å². The van der Waals surface area contributed by atoms with Crippen molar-refractivity contribution in [1.82, 2.24) is 4.90 Å². The van der Waals surface area contributed by atoms with Crippen molar-refractivity contribution in [2.75, 3.05) is 13.1 Å². The van der Waals surface area contributed by atoms with Crippen LogP contribution in [0.4, 0.5) is 0 Å². The Bertz CT molecular complexity index is 309. The Morgan fingerprint density at radius 1 is 1.31 bits per heavy atom. The number of carbonyl (C=O) groups is 1. The van der Waals surface area contributed by atoms with Gasteiger partial charge < -0.3 is 4.90 Å². The van der Waals surface area contributed by atoms with Gasteiger partial charge in [-0.25, -0.2) is 0 Å². The summed E-state index contributed by atoms with van der Waals surface area (Å²) in [5.74, 6) is 0.701. The molecule has 5 heteroatoms. The third kappa shape index (κ3) is 2.30. The van der Waals surface area contributed by atoms with Crippen molar-refractivity contribution in [3.8, 4) is 0 Å². The Hall–Kier alpha value is -1.22. The Labute approximate surface area is 95.4 Å². The van der Waals surface area contributed by atoms with Crippen LogP contribution < -0.4 is 0 Å². The van der Waals surface area contributed by atoms with E-state index in [1.807, 2.05) is 4.90 Å². The van der Waals surface area contributed by atoms with Crippen molar-refractivity contribution in [3.63, 3.8) is 0 Å². The van der Waals surface area contributed by atoms with Crippen LogP contribution in [0, 0.1) is 5.92 Å². The van der Waals surface area contributed by atoms with E-state index in [0.717, 1.165) is 19.4 Å². The van der Waals surface area contributed by atoms with E-state index in [0.29, 0.717) is 12.0 Å². The third-order valence-corrected chi connectivity index (χ3v) is 3.83. The third-order valence-electron chi connectivity index (χ3n) is 3.83. The quantitative estimate of drug-likeness (QED) is 0.402. The van der Waals surface area contributed by atoms with Gasteiger partial charge in [-0.1, -0.05) is 18.0 Å². The highest BCUT2D eigenvalue weighted by atomic mass is 16.2. The van der Waals surface area contributed by atoms with E-state index in [2.05, 4.69) is 10.0 Å². The monoisotopic (exact) mass is 222 g/mol. The predicted molar refractivity (Wildman–Crippen MR) is 60.7 cm³/mol. The van der Waals surface area contributed by atoms with Gasteiger partial charge in [0.05, 0.1) is 0 Å². The second kappa shape index (κ2) is 5.21.